The molecule has 0 saturated heterocycles. The summed E-state index contributed by atoms with van der Waals surface area (Å²) < 4.78 is 0. The SMILES string of the molecule is CCCCC(=O)Nc1ccccc1S[C@@H](CC)C(=O)O. The second-order valence-corrected chi connectivity index (χ2v) is 5.75. The van der Waals surface area contributed by atoms with Crippen molar-refractivity contribution >= 4 is 29.3 Å². The molecule has 1 atom stereocenters. The van der Waals surface area contributed by atoms with Crippen LogP contribution in [0.15, 0.2) is 29.2 Å². The van der Waals surface area contributed by atoms with Gasteiger partial charge in [-0.3, -0.25) is 9.59 Å². The van der Waals surface area contributed by atoms with Gasteiger partial charge in [0, 0.05) is 11.3 Å². The van der Waals surface area contributed by atoms with Crippen LogP contribution in [0.25, 0.3) is 0 Å². The number of anilines is 1. The Morgan fingerprint density at radius 1 is 1.30 bits per heavy atom. The predicted octanol–water partition coefficient (Wildman–Crippen LogP) is 3.77. The average Bonchev–Trinajstić information content (AvgIpc) is 2.43. The number of carbonyl (C=O) groups is 2. The highest BCUT2D eigenvalue weighted by Gasteiger charge is 2.18. The highest BCUT2D eigenvalue weighted by atomic mass is 32.2. The van der Waals surface area contributed by atoms with Crippen molar-refractivity contribution in [3.8, 4) is 0 Å². The second-order valence-electron chi connectivity index (χ2n) is 4.50. The largest absolute Gasteiger partial charge is 0.480 e. The zero-order chi connectivity index (χ0) is 15.0. The van der Waals surface area contributed by atoms with Crippen molar-refractivity contribution in [1.29, 1.82) is 0 Å². The fourth-order valence-corrected chi connectivity index (χ4v) is 2.66. The van der Waals surface area contributed by atoms with Gasteiger partial charge in [0.2, 0.25) is 5.91 Å². The van der Waals surface area contributed by atoms with E-state index in [0.717, 1.165) is 17.7 Å². The molecule has 0 unspecified atom stereocenters. The van der Waals surface area contributed by atoms with Crippen molar-refractivity contribution in [3.63, 3.8) is 0 Å². The predicted molar refractivity (Wildman–Crippen MR) is 82.2 cm³/mol. The number of amides is 1. The molecule has 1 aromatic rings. The molecule has 0 aliphatic rings. The Labute approximate surface area is 124 Å². The fourth-order valence-electron chi connectivity index (χ4n) is 1.68. The van der Waals surface area contributed by atoms with E-state index in [-0.39, 0.29) is 5.91 Å². The number of aliphatic carboxylic acids is 1. The number of hydrogen-bond donors (Lipinski definition) is 2. The smallest absolute Gasteiger partial charge is 0.316 e. The van der Waals surface area contributed by atoms with Crippen LogP contribution in [0.1, 0.15) is 39.5 Å². The second kappa shape index (κ2) is 8.64. The average molecular weight is 295 g/mol. The number of carbonyl (C=O) groups excluding carboxylic acids is 1. The van der Waals surface area contributed by atoms with Gasteiger partial charge in [-0.15, -0.1) is 11.8 Å². The van der Waals surface area contributed by atoms with Gasteiger partial charge in [0.05, 0.1) is 5.69 Å². The molecule has 1 amide bonds. The molecule has 0 spiro atoms. The number of nitrogens with one attached hydrogen (secondary N) is 1. The molecule has 5 heteroatoms. The number of rotatable bonds is 8. The lowest BCUT2D eigenvalue weighted by atomic mass is 10.2. The Hall–Kier alpha value is -1.49. The molecule has 2 N–H and O–H groups in total. The molecule has 0 saturated carbocycles. The standard InChI is InChI=1S/C15H21NO3S/c1-3-5-10-14(17)16-11-8-6-7-9-13(11)20-12(4-2)15(18)19/h6-9,12H,3-5,10H2,1-2H3,(H,16,17)(H,18,19)/t12-/m0/s1. The number of thioether (sulfide) groups is 1. The van der Waals surface area contributed by atoms with Gasteiger partial charge in [-0.2, -0.15) is 0 Å². The van der Waals surface area contributed by atoms with Crippen molar-refractivity contribution < 1.29 is 14.7 Å². The maximum absolute atomic E-state index is 11.8. The van der Waals surface area contributed by atoms with Gasteiger partial charge in [-0.1, -0.05) is 32.4 Å². The number of carboxylic acids is 1. The zero-order valence-corrected chi connectivity index (χ0v) is 12.7. The van der Waals surface area contributed by atoms with Crippen molar-refractivity contribution in [2.75, 3.05) is 5.32 Å². The number of hydrogen-bond acceptors (Lipinski definition) is 3. The van der Waals surface area contributed by atoms with Crippen LogP contribution in [0.4, 0.5) is 5.69 Å². The summed E-state index contributed by atoms with van der Waals surface area (Å²) in [4.78, 5) is 23.7. The van der Waals surface area contributed by atoms with Crippen LogP contribution in [-0.4, -0.2) is 22.2 Å². The highest BCUT2D eigenvalue weighted by molar-refractivity contribution is 8.00. The maximum Gasteiger partial charge on any atom is 0.316 e. The summed E-state index contributed by atoms with van der Waals surface area (Å²) in [7, 11) is 0. The highest BCUT2D eigenvalue weighted by Crippen LogP contribution is 2.32. The van der Waals surface area contributed by atoms with E-state index in [4.69, 9.17) is 5.11 Å². The molecule has 1 aromatic carbocycles. The molecule has 0 fully saturated rings. The molecule has 110 valence electrons. The molecule has 1 rings (SSSR count). The quantitative estimate of drug-likeness (QED) is 0.716. The third-order valence-corrected chi connectivity index (χ3v) is 4.26. The van der Waals surface area contributed by atoms with Crippen LogP contribution in [0.5, 0.6) is 0 Å². The van der Waals surface area contributed by atoms with E-state index in [1.54, 1.807) is 6.07 Å². The first-order valence-corrected chi connectivity index (χ1v) is 7.74. The summed E-state index contributed by atoms with van der Waals surface area (Å²) in [6.45, 7) is 3.88. The van der Waals surface area contributed by atoms with Gasteiger partial charge < -0.3 is 10.4 Å². The maximum atomic E-state index is 11.8. The number of para-hydroxylation sites is 1. The Bertz CT molecular complexity index is 462. The van der Waals surface area contributed by atoms with Crippen molar-refractivity contribution in [1.82, 2.24) is 0 Å². The number of unbranched alkanes of at least 4 members (excludes halogenated alkanes) is 1. The topological polar surface area (TPSA) is 66.4 Å². The lowest BCUT2D eigenvalue weighted by Crippen LogP contribution is -2.16. The molecule has 0 aliphatic carbocycles. The van der Waals surface area contributed by atoms with Gasteiger partial charge in [0.1, 0.15) is 5.25 Å². The Morgan fingerprint density at radius 3 is 2.60 bits per heavy atom. The van der Waals surface area contributed by atoms with Gasteiger partial charge in [0.15, 0.2) is 0 Å². The lowest BCUT2D eigenvalue weighted by Gasteiger charge is -2.14. The third kappa shape index (κ3) is 5.25. The van der Waals surface area contributed by atoms with Gasteiger partial charge in [-0.25, -0.2) is 0 Å². The van der Waals surface area contributed by atoms with Crippen LogP contribution in [0, 0.1) is 0 Å². The van der Waals surface area contributed by atoms with Gasteiger partial charge in [0.25, 0.3) is 0 Å². The van der Waals surface area contributed by atoms with Crippen LogP contribution in [-0.2, 0) is 9.59 Å². The fraction of sp³-hybridized carbons (Fsp3) is 0.467. The van der Waals surface area contributed by atoms with Crippen LogP contribution < -0.4 is 5.32 Å². The normalized spacial score (nSPS) is 11.9. The van der Waals surface area contributed by atoms with Crippen LogP contribution in [0.3, 0.4) is 0 Å². The molecular formula is C15H21NO3S. The first-order chi connectivity index (χ1) is 9.58. The van der Waals surface area contributed by atoms with Crippen molar-refractivity contribution in [2.45, 2.75) is 49.7 Å². The number of benzene rings is 1. The molecule has 0 radical (unpaired) electrons. The van der Waals surface area contributed by atoms with Crippen LogP contribution in [0.2, 0.25) is 0 Å². The minimum atomic E-state index is -0.829. The minimum absolute atomic E-state index is 0.0247. The Balaban J connectivity index is 2.77. The van der Waals surface area contributed by atoms with Gasteiger partial charge >= 0.3 is 5.97 Å². The van der Waals surface area contributed by atoms with E-state index in [9.17, 15) is 9.59 Å². The molecule has 4 nitrogen and oxygen atoms in total. The lowest BCUT2D eigenvalue weighted by molar-refractivity contribution is -0.136. The van der Waals surface area contributed by atoms with E-state index in [1.165, 1.54) is 11.8 Å². The molecular weight excluding hydrogens is 274 g/mol. The summed E-state index contributed by atoms with van der Waals surface area (Å²) >= 11 is 1.27. The Kier molecular flexibility index (Phi) is 7.15. The number of carboxylic acid groups (broad SMARTS) is 1. The molecule has 0 heterocycles. The van der Waals surface area contributed by atoms with E-state index < -0.39 is 11.2 Å². The summed E-state index contributed by atoms with van der Waals surface area (Å²) in [6.07, 6.45) is 2.86. The molecule has 0 aliphatic heterocycles. The summed E-state index contributed by atoms with van der Waals surface area (Å²) in [5.74, 6) is -0.854. The van der Waals surface area contributed by atoms with Crippen LogP contribution >= 0.6 is 11.8 Å². The molecule has 20 heavy (non-hydrogen) atoms. The minimum Gasteiger partial charge on any atom is -0.480 e. The van der Waals surface area contributed by atoms with E-state index in [0.29, 0.717) is 18.5 Å². The van der Waals surface area contributed by atoms with Gasteiger partial charge in [-0.05, 0) is 25.0 Å². The molecule has 0 aromatic heterocycles. The Morgan fingerprint density at radius 2 is 2.00 bits per heavy atom. The first kappa shape index (κ1) is 16.6. The summed E-state index contributed by atoms with van der Waals surface area (Å²) in [6, 6.07) is 7.33. The monoisotopic (exact) mass is 295 g/mol. The van der Waals surface area contributed by atoms with E-state index >= 15 is 0 Å². The summed E-state index contributed by atoms with van der Waals surface area (Å²) in [5, 5.41) is 11.5. The van der Waals surface area contributed by atoms with E-state index in [2.05, 4.69) is 5.32 Å². The zero-order valence-electron chi connectivity index (χ0n) is 11.9. The summed E-state index contributed by atoms with van der Waals surface area (Å²) in [5.41, 5.74) is 0.693. The third-order valence-electron chi connectivity index (χ3n) is 2.83. The molecule has 0 bridgehead atoms. The van der Waals surface area contributed by atoms with Crippen molar-refractivity contribution in [2.24, 2.45) is 0 Å². The van der Waals surface area contributed by atoms with Crippen molar-refractivity contribution in [3.05, 3.63) is 24.3 Å². The first-order valence-electron chi connectivity index (χ1n) is 6.86. The van der Waals surface area contributed by atoms with E-state index in [1.807, 2.05) is 32.0 Å².